The zero-order valence-electron chi connectivity index (χ0n) is 11.3. The molecular weight excluding hydrogens is 258 g/mol. The summed E-state index contributed by atoms with van der Waals surface area (Å²) in [7, 11) is 0. The van der Waals surface area contributed by atoms with Gasteiger partial charge in [-0.2, -0.15) is 0 Å². The average molecular weight is 275 g/mol. The molecule has 0 bridgehead atoms. The molecule has 0 aliphatic carbocycles. The van der Waals surface area contributed by atoms with Crippen molar-refractivity contribution in [3.63, 3.8) is 0 Å². The van der Waals surface area contributed by atoms with E-state index in [0.717, 1.165) is 0 Å². The van der Waals surface area contributed by atoms with E-state index in [4.69, 9.17) is 9.52 Å². The number of para-hydroxylation sites is 1. The summed E-state index contributed by atoms with van der Waals surface area (Å²) in [5.74, 6) is -0.251. The number of amides is 1. The van der Waals surface area contributed by atoms with Gasteiger partial charge >= 0.3 is 0 Å². The Bertz CT molecular complexity index is 662. The van der Waals surface area contributed by atoms with Crippen LogP contribution in [0.5, 0.6) is 0 Å². The molecule has 1 amide bonds. The van der Waals surface area contributed by atoms with Gasteiger partial charge in [0, 0.05) is 19.2 Å². The third-order valence-corrected chi connectivity index (χ3v) is 3.09. The molecule has 5 heteroatoms. The Balaban J connectivity index is 2.16. The first kappa shape index (κ1) is 14.3. The standard InChI is InChI=1S/C15H17NO4/c1-10(6-7-17)9-16-15(19)14-8-12(18)11-4-2-3-5-13(11)20-14/h2-5,8,10,17H,6-7,9H2,1H3,(H,16,19). The molecule has 5 nitrogen and oxygen atoms in total. The minimum atomic E-state index is -0.419. The topological polar surface area (TPSA) is 79.5 Å². The summed E-state index contributed by atoms with van der Waals surface area (Å²) < 4.78 is 5.44. The van der Waals surface area contributed by atoms with Gasteiger partial charge in [0.15, 0.2) is 11.2 Å². The van der Waals surface area contributed by atoms with Crippen LogP contribution in [0.15, 0.2) is 39.5 Å². The molecule has 1 aromatic heterocycles. The van der Waals surface area contributed by atoms with Crippen molar-refractivity contribution in [2.24, 2.45) is 5.92 Å². The smallest absolute Gasteiger partial charge is 0.287 e. The minimum absolute atomic E-state index is 0.00454. The summed E-state index contributed by atoms with van der Waals surface area (Å²) in [6.45, 7) is 2.44. The lowest BCUT2D eigenvalue weighted by molar-refractivity contribution is 0.0918. The van der Waals surface area contributed by atoms with Crippen LogP contribution in [0.1, 0.15) is 23.9 Å². The van der Waals surface area contributed by atoms with Gasteiger partial charge in [0.1, 0.15) is 5.58 Å². The quantitative estimate of drug-likeness (QED) is 0.867. The van der Waals surface area contributed by atoms with Crippen molar-refractivity contribution in [1.82, 2.24) is 5.32 Å². The fourth-order valence-corrected chi connectivity index (χ4v) is 1.89. The second kappa shape index (κ2) is 6.34. The first-order chi connectivity index (χ1) is 9.61. The lowest BCUT2D eigenvalue weighted by atomic mass is 10.1. The monoisotopic (exact) mass is 275 g/mol. The second-order valence-corrected chi connectivity index (χ2v) is 4.80. The maximum Gasteiger partial charge on any atom is 0.287 e. The number of carbonyl (C=O) groups excluding carboxylic acids is 1. The number of aliphatic hydroxyl groups excluding tert-OH is 1. The molecule has 106 valence electrons. The van der Waals surface area contributed by atoms with Crippen molar-refractivity contribution in [3.05, 3.63) is 46.3 Å². The first-order valence-electron chi connectivity index (χ1n) is 6.53. The van der Waals surface area contributed by atoms with E-state index in [9.17, 15) is 9.59 Å². The Morgan fingerprint density at radius 2 is 2.15 bits per heavy atom. The average Bonchev–Trinajstić information content (AvgIpc) is 2.45. The molecule has 0 spiro atoms. The number of hydrogen-bond acceptors (Lipinski definition) is 4. The lowest BCUT2D eigenvalue weighted by Gasteiger charge is -2.10. The summed E-state index contributed by atoms with van der Waals surface area (Å²) in [6.07, 6.45) is 0.613. The number of nitrogens with one attached hydrogen (secondary N) is 1. The Morgan fingerprint density at radius 1 is 1.40 bits per heavy atom. The van der Waals surface area contributed by atoms with Crippen LogP contribution in [0.4, 0.5) is 0 Å². The number of carbonyl (C=O) groups is 1. The van der Waals surface area contributed by atoms with Crippen LogP contribution in [0.25, 0.3) is 11.0 Å². The van der Waals surface area contributed by atoms with E-state index in [2.05, 4.69) is 5.32 Å². The van der Waals surface area contributed by atoms with E-state index in [-0.39, 0.29) is 23.7 Å². The molecule has 0 radical (unpaired) electrons. The number of aliphatic hydroxyl groups is 1. The van der Waals surface area contributed by atoms with Gasteiger partial charge < -0.3 is 14.8 Å². The summed E-state index contributed by atoms with van der Waals surface area (Å²) in [5, 5.41) is 12.0. The molecule has 0 saturated heterocycles. The predicted molar refractivity (Wildman–Crippen MR) is 75.7 cm³/mol. The Kier molecular flexibility index (Phi) is 4.53. The van der Waals surface area contributed by atoms with Crippen molar-refractivity contribution in [1.29, 1.82) is 0 Å². The van der Waals surface area contributed by atoms with Crippen molar-refractivity contribution >= 4 is 16.9 Å². The van der Waals surface area contributed by atoms with E-state index in [1.165, 1.54) is 6.07 Å². The molecule has 1 atom stereocenters. The fraction of sp³-hybridized carbons (Fsp3) is 0.333. The van der Waals surface area contributed by atoms with Gasteiger partial charge in [-0.3, -0.25) is 9.59 Å². The highest BCUT2D eigenvalue weighted by Crippen LogP contribution is 2.11. The van der Waals surface area contributed by atoms with Crippen molar-refractivity contribution in [2.45, 2.75) is 13.3 Å². The van der Waals surface area contributed by atoms with Crippen LogP contribution in [0.3, 0.4) is 0 Å². The highest BCUT2D eigenvalue weighted by Gasteiger charge is 2.12. The van der Waals surface area contributed by atoms with Crippen LogP contribution in [-0.4, -0.2) is 24.2 Å². The van der Waals surface area contributed by atoms with Crippen LogP contribution in [0.2, 0.25) is 0 Å². The zero-order valence-corrected chi connectivity index (χ0v) is 11.3. The highest BCUT2D eigenvalue weighted by molar-refractivity contribution is 5.93. The second-order valence-electron chi connectivity index (χ2n) is 4.80. The number of benzene rings is 1. The molecule has 1 heterocycles. The molecule has 20 heavy (non-hydrogen) atoms. The molecule has 2 aromatic rings. The highest BCUT2D eigenvalue weighted by atomic mass is 16.3. The van der Waals surface area contributed by atoms with Crippen LogP contribution < -0.4 is 10.7 Å². The van der Waals surface area contributed by atoms with Gasteiger partial charge in [-0.05, 0) is 24.5 Å². The molecule has 1 unspecified atom stereocenters. The Morgan fingerprint density at radius 3 is 2.90 bits per heavy atom. The van der Waals surface area contributed by atoms with Crippen molar-refractivity contribution < 1.29 is 14.3 Å². The minimum Gasteiger partial charge on any atom is -0.451 e. The van der Waals surface area contributed by atoms with Gasteiger partial charge in [0.2, 0.25) is 0 Å². The first-order valence-corrected chi connectivity index (χ1v) is 6.53. The number of fused-ring (bicyclic) bond motifs is 1. The van der Waals surface area contributed by atoms with Crippen LogP contribution in [-0.2, 0) is 0 Å². The summed E-state index contributed by atoms with van der Waals surface area (Å²) in [5.41, 5.74) is 0.161. The summed E-state index contributed by atoms with van der Waals surface area (Å²) in [4.78, 5) is 23.8. The maximum atomic E-state index is 11.9. The maximum absolute atomic E-state index is 11.9. The number of rotatable bonds is 5. The molecule has 2 rings (SSSR count). The molecule has 1 aromatic carbocycles. The van der Waals surface area contributed by atoms with Gasteiger partial charge in [-0.25, -0.2) is 0 Å². The Hall–Kier alpha value is -2.14. The van der Waals surface area contributed by atoms with E-state index < -0.39 is 5.91 Å². The van der Waals surface area contributed by atoms with Gasteiger partial charge in [-0.15, -0.1) is 0 Å². The third-order valence-electron chi connectivity index (χ3n) is 3.09. The van der Waals surface area contributed by atoms with Gasteiger partial charge in [0.05, 0.1) is 5.39 Å². The lowest BCUT2D eigenvalue weighted by Crippen LogP contribution is -2.29. The predicted octanol–water partition coefficient (Wildman–Crippen LogP) is 1.54. The van der Waals surface area contributed by atoms with Crippen LogP contribution in [0, 0.1) is 5.92 Å². The summed E-state index contributed by atoms with van der Waals surface area (Å²) in [6, 6.07) is 8.01. The third kappa shape index (κ3) is 3.24. The van der Waals surface area contributed by atoms with Gasteiger partial charge in [0.25, 0.3) is 5.91 Å². The fourth-order valence-electron chi connectivity index (χ4n) is 1.89. The zero-order chi connectivity index (χ0) is 14.5. The molecular formula is C15H17NO4. The van der Waals surface area contributed by atoms with Crippen molar-refractivity contribution in [3.8, 4) is 0 Å². The van der Waals surface area contributed by atoms with E-state index in [0.29, 0.717) is 23.9 Å². The van der Waals surface area contributed by atoms with E-state index in [1.54, 1.807) is 24.3 Å². The van der Waals surface area contributed by atoms with Gasteiger partial charge in [-0.1, -0.05) is 19.1 Å². The van der Waals surface area contributed by atoms with E-state index >= 15 is 0 Å². The largest absolute Gasteiger partial charge is 0.451 e. The molecule has 0 aliphatic heterocycles. The number of hydrogen-bond donors (Lipinski definition) is 2. The van der Waals surface area contributed by atoms with E-state index in [1.807, 2.05) is 6.92 Å². The molecule has 0 aliphatic rings. The normalized spacial score (nSPS) is 12.3. The SMILES string of the molecule is CC(CCO)CNC(=O)c1cc(=O)c2ccccc2o1. The molecule has 0 saturated carbocycles. The molecule has 0 fully saturated rings. The molecule has 2 N–H and O–H groups in total. The van der Waals surface area contributed by atoms with Crippen molar-refractivity contribution in [2.75, 3.05) is 13.2 Å². The Labute approximate surface area is 116 Å². The van der Waals surface area contributed by atoms with Crippen LogP contribution >= 0.6 is 0 Å². The summed E-state index contributed by atoms with van der Waals surface area (Å²) >= 11 is 0.